The molecule has 1 heterocycles. The molecule has 0 amide bonds. The van der Waals surface area contributed by atoms with Crippen LogP contribution in [0.5, 0.6) is 0 Å². The molecule has 0 radical (unpaired) electrons. The molecule has 0 aromatic carbocycles. The average Bonchev–Trinajstić information content (AvgIpc) is 2.91. The molecule has 0 saturated heterocycles. The van der Waals surface area contributed by atoms with Crippen LogP contribution in [0.3, 0.4) is 0 Å². The molecule has 15 heavy (non-hydrogen) atoms. The van der Waals surface area contributed by atoms with Gasteiger partial charge in [0.05, 0.1) is 11.4 Å². The third-order valence-electron chi connectivity index (χ3n) is 2.83. The number of nitrogens with zero attached hydrogens (tertiary/aromatic N) is 3. The molecule has 1 fully saturated rings. The second-order valence-corrected chi connectivity index (χ2v) is 4.91. The van der Waals surface area contributed by atoms with Crippen LogP contribution in [-0.2, 0) is 19.5 Å². The summed E-state index contributed by atoms with van der Waals surface area (Å²) in [4.78, 5) is 0. The minimum Gasteiger partial charge on any atom is -0.325 e. The van der Waals surface area contributed by atoms with Crippen LogP contribution in [0.1, 0.15) is 38.1 Å². The van der Waals surface area contributed by atoms with Crippen molar-refractivity contribution in [1.82, 2.24) is 15.0 Å². The van der Waals surface area contributed by atoms with E-state index in [1.807, 2.05) is 4.68 Å². The molecule has 1 aliphatic carbocycles. The molecule has 0 unspecified atom stereocenters. The molecule has 0 atom stereocenters. The van der Waals surface area contributed by atoms with Gasteiger partial charge in [0.2, 0.25) is 0 Å². The lowest BCUT2D eigenvalue weighted by Gasteiger charge is -2.09. The molecule has 1 saturated carbocycles. The summed E-state index contributed by atoms with van der Waals surface area (Å²) in [6.07, 6.45) is 3.83. The van der Waals surface area contributed by atoms with E-state index in [-0.39, 0.29) is 0 Å². The summed E-state index contributed by atoms with van der Waals surface area (Å²) >= 11 is 0. The van der Waals surface area contributed by atoms with Crippen LogP contribution in [0.15, 0.2) is 0 Å². The highest BCUT2D eigenvalue weighted by molar-refractivity contribution is 5.12. The Morgan fingerprint density at radius 2 is 2.20 bits per heavy atom. The molecule has 84 valence electrons. The topological polar surface area (TPSA) is 56.7 Å². The van der Waals surface area contributed by atoms with E-state index in [1.165, 1.54) is 18.5 Å². The normalized spacial score (nSPS) is 16.3. The largest absolute Gasteiger partial charge is 0.325 e. The van der Waals surface area contributed by atoms with Crippen molar-refractivity contribution >= 4 is 0 Å². The van der Waals surface area contributed by atoms with Crippen molar-refractivity contribution in [3.63, 3.8) is 0 Å². The summed E-state index contributed by atoms with van der Waals surface area (Å²) in [5, 5.41) is 8.35. The zero-order valence-corrected chi connectivity index (χ0v) is 9.61. The third kappa shape index (κ3) is 2.56. The molecular formula is C11H20N4. The Kier molecular flexibility index (Phi) is 3.05. The lowest BCUT2D eigenvalue weighted by Crippen LogP contribution is -2.12. The maximum Gasteiger partial charge on any atom is 0.0994 e. The summed E-state index contributed by atoms with van der Waals surface area (Å²) in [6.45, 7) is 5.87. The van der Waals surface area contributed by atoms with Gasteiger partial charge in [0.25, 0.3) is 0 Å². The van der Waals surface area contributed by atoms with E-state index in [4.69, 9.17) is 5.73 Å². The van der Waals surface area contributed by atoms with Crippen molar-refractivity contribution in [2.24, 2.45) is 17.6 Å². The van der Waals surface area contributed by atoms with Gasteiger partial charge in [0.15, 0.2) is 0 Å². The molecule has 0 bridgehead atoms. The van der Waals surface area contributed by atoms with Crippen molar-refractivity contribution in [2.75, 3.05) is 0 Å². The van der Waals surface area contributed by atoms with Gasteiger partial charge in [-0.05, 0) is 31.1 Å². The molecular weight excluding hydrogens is 188 g/mol. The van der Waals surface area contributed by atoms with Crippen LogP contribution < -0.4 is 5.73 Å². The SMILES string of the molecule is CC(C)Cn1nnc(CN)c1CC1CC1. The van der Waals surface area contributed by atoms with E-state index in [2.05, 4.69) is 24.2 Å². The number of hydrogen-bond donors (Lipinski definition) is 1. The molecule has 1 aromatic rings. The first-order valence-corrected chi connectivity index (χ1v) is 5.82. The van der Waals surface area contributed by atoms with Crippen LogP contribution in [0.4, 0.5) is 0 Å². The second-order valence-electron chi connectivity index (χ2n) is 4.91. The quantitative estimate of drug-likeness (QED) is 0.794. The molecule has 0 spiro atoms. The Bertz CT molecular complexity index is 325. The monoisotopic (exact) mass is 208 g/mol. The van der Waals surface area contributed by atoms with Gasteiger partial charge in [-0.2, -0.15) is 0 Å². The lowest BCUT2D eigenvalue weighted by molar-refractivity contribution is 0.455. The van der Waals surface area contributed by atoms with Crippen molar-refractivity contribution in [3.05, 3.63) is 11.4 Å². The van der Waals surface area contributed by atoms with E-state index in [0.717, 1.165) is 24.6 Å². The minimum atomic E-state index is 0.514. The van der Waals surface area contributed by atoms with Crippen molar-refractivity contribution in [1.29, 1.82) is 0 Å². The van der Waals surface area contributed by atoms with Crippen molar-refractivity contribution < 1.29 is 0 Å². The number of hydrogen-bond acceptors (Lipinski definition) is 3. The van der Waals surface area contributed by atoms with Crippen molar-refractivity contribution in [3.8, 4) is 0 Å². The smallest absolute Gasteiger partial charge is 0.0994 e. The van der Waals surface area contributed by atoms with E-state index < -0.39 is 0 Å². The standard InChI is InChI=1S/C11H20N4/c1-8(2)7-15-11(5-9-3-4-9)10(6-12)13-14-15/h8-9H,3-7,12H2,1-2H3. The second kappa shape index (κ2) is 4.31. The van der Waals surface area contributed by atoms with Gasteiger partial charge in [-0.1, -0.05) is 19.1 Å². The van der Waals surface area contributed by atoms with Crippen LogP contribution in [0.25, 0.3) is 0 Å². The Morgan fingerprint density at radius 1 is 1.47 bits per heavy atom. The molecule has 2 rings (SSSR count). The van der Waals surface area contributed by atoms with E-state index >= 15 is 0 Å². The van der Waals surface area contributed by atoms with E-state index in [0.29, 0.717) is 12.5 Å². The predicted octanol–water partition coefficient (Wildman–Crippen LogP) is 1.35. The Labute approximate surface area is 90.8 Å². The highest BCUT2D eigenvalue weighted by Crippen LogP contribution is 2.33. The summed E-state index contributed by atoms with van der Waals surface area (Å²) < 4.78 is 2.05. The third-order valence-corrected chi connectivity index (χ3v) is 2.83. The van der Waals surface area contributed by atoms with Gasteiger partial charge in [0, 0.05) is 13.1 Å². The predicted molar refractivity (Wildman–Crippen MR) is 59.2 cm³/mol. The van der Waals surface area contributed by atoms with Crippen LogP contribution >= 0.6 is 0 Å². The van der Waals surface area contributed by atoms with Gasteiger partial charge in [-0.3, -0.25) is 0 Å². The molecule has 1 aliphatic rings. The van der Waals surface area contributed by atoms with Gasteiger partial charge < -0.3 is 5.73 Å². The Balaban J connectivity index is 2.15. The van der Waals surface area contributed by atoms with Crippen LogP contribution in [0.2, 0.25) is 0 Å². The molecule has 1 aromatic heterocycles. The van der Waals surface area contributed by atoms with Gasteiger partial charge in [-0.25, -0.2) is 4.68 Å². The lowest BCUT2D eigenvalue weighted by atomic mass is 10.1. The van der Waals surface area contributed by atoms with Gasteiger partial charge >= 0.3 is 0 Å². The molecule has 4 nitrogen and oxygen atoms in total. The van der Waals surface area contributed by atoms with Crippen LogP contribution in [0, 0.1) is 11.8 Å². The number of rotatable bonds is 5. The number of aromatic nitrogens is 3. The van der Waals surface area contributed by atoms with Crippen LogP contribution in [-0.4, -0.2) is 15.0 Å². The number of nitrogens with two attached hydrogens (primary N) is 1. The summed E-state index contributed by atoms with van der Waals surface area (Å²) in [6, 6.07) is 0. The maximum absolute atomic E-state index is 5.68. The van der Waals surface area contributed by atoms with Gasteiger partial charge in [-0.15, -0.1) is 5.10 Å². The fourth-order valence-electron chi connectivity index (χ4n) is 1.84. The van der Waals surface area contributed by atoms with Crippen molar-refractivity contribution in [2.45, 2.75) is 46.2 Å². The first-order chi connectivity index (χ1) is 7.20. The summed E-state index contributed by atoms with van der Waals surface area (Å²) in [7, 11) is 0. The molecule has 4 heteroatoms. The fourth-order valence-corrected chi connectivity index (χ4v) is 1.84. The van der Waals surface area contributed by atoms with E-state index in [9.17, 15) is 0 Å². The summed E-state index contributed by atoms with van der Waals surface area (Å²) in [5.74, 6) is 1.47. The van der Waals surface area contributed by atoms with Gasteiger partial charge in [0.1, 0.15) is 0 Å². The highest BCUT2D eigenvalue weighted by atomic mass is 15.4. The Hall–Kier alpha value is -0.900. The minimum absolute atomic E-state index is 0.514. The molecule has 0 aliphatic heterocycles. The Morgan fingerprint density at radius 3 is 2.73 bits per heavy atom. The molecule has 2 N–H and O–H groups in total. The zero-order chi connectivity index (χ0) is 10.8. The average molecular weight is 208 g/mol. The van der Waals surface area contributed by atoms with E-state index in [1.54, 1.807) is 0 Å². The highest BCUT2D eigenvalue weighted by Gasteiger charge is 2.25. The summed E-state index contributed by atoms with van der Waals surface area (Å²) in [5.41, 5.74) is 7.94. The maximum atomic E-state index is 5.68. The zero-order valence-electron chi connectivity index (χ0n) is 9.61. The first-order valence-electron chi connectivity index (χ1n) is 5.82. The first kappa shape index (κ1) is 10.6. The fraction of sp³-hybridized carbons (Fsp3) is 0.818.